The third-order valence-corrected chi connectivity index (χ3v) is 4.12. The molecular formula is C18H19FN2O2. The Balaban J connectivity index is 1.69. The Hall–Kier alpha value is -2.43. The molecule has 1 aromatic heterocycles. The van der Waals surface area contributed by atoms with Crippen molar-refractivity contribution < 1.29 is 13.9 Å². The highest BCUT2D eigenvalue weighted by molar-refractivity contribution is 5.89. The van der Waals surface area contributed by atoms with Gasteiger partial charge in [0.2, 0.25) is 0 Å². The van der Waals surface area contributed by atoms with Gasteiger partial charge in [0.05, 0.1) is 12.2 Å². The fourth-order valence-corrected chi connectivity index (χ4v) is 2.94. The van der Waals surface area contributed by atoms with E-state index in [1.54, 1.807) is 19.1 Å². The van der Waals surface area contributed by atoms with Crippen molar-refractivity contribution in [2.75, 3.05) is 24.6 Å². The van der Waals surface area contributed by atoms with Crippen molar-refractivity contribution >= 4 is 11.8 Å². The lowest BCUT2D eigenvalue weighted by atomic mass is 9.98. The third kappa shape index (κ3) is 3.33. The zero-order valence-corrected chi connectivity index (χ0v) is 13.0. The van der Waals surface area contributed by atoms with Gasteiger partial charge in [-0.3, -0.25) is 0 Å². The summed E-state index contributed by atoms with van der Waals surface area (Å²) in [5.41, 5.74) is 1.21. The first-order chi connectivity index (χ1) is 11.2. The van der Waals surface area contributed by atoms with Gasteiger partial charge in [0.1, 0.15) is 11.6 Å². The molecule has 0 aliphatic carbocycles. The van der Waals surface area contributed by atoms with Crippen LogP contribution in [-0.2, 0) is 4.74 Å². The summed E-state index contributed by atoms with van der Waals surface area (Å²) >= 11 is 0. The molecule has 1 aromatic carbocycles. The van der Waals surface area contributed by atoms with Crippen LogP contribution in [0.3, 0.4) is 0 Å². The van der Waals surface area contributed by atoms with E-state index in [-0.39, 0.29) is 17.7 Å². The van der Waals surface area contributed by atoms with Crippen LogP contribution in [-0.4, -0.2) is 30.6 Å². The maximum Gasteiger partial charge on any atom is 0.339 e. The second-order valence-corrected chi connectivity index (χ2v) is 5.58. The highest BCUT2D eigenvalue weighted by atomic mass is 19.1. The summed E-state index contributed by atoms with van der Waals surface area (Å²) in [5.74, 6) is 0.460. The minimum absolute atomic E-state index is 0.148. The number of hydrogen-bond donors (Lipinski definition) is 0. The van der Waals surface area contributed by atoms with Crippen molar-refractivity contribution in [2.24, 2.45) is 0 Å². The molecule has 0 saturated carbocycles. The molecule has 0 N–H and O–H groups in total. The number of hydrogen-bond acceptors (Lipinski definition) is 4. The number of benzene rings is 1. The molecule has 1 saturated heterocycles. The van der Waals surface area contributed by atoms with Crippen LogP contribution in [0.2, 0.25) is 0 Å². The lowest BCUT2D eigenvalue weighted by Gasteiger charge is -2.18. The molecule has 1 aliphatic rings. The minimum atomic E-state index is -0.364. The van der Waals surface area contributed by atoms with Crippen molar-refractivity contribution in [2.45, 2.75) is 19.3 Å². The molecule has 0 amide bonds. The number of anilines is 1. The summed E-state index contributed by atoms with van der Waals surface area (Å²) < 4.78 is 18.8. The highest BCUT2D eigenvalue weighted by Crippen LogP contribution is 2.31. The lowest BCUT2D eigenvalue weighted by molar-refractivity contribution is 0.0526. The van der Waals surface area contributed by atoms with Crippen LogP contribution >= 0.6 is 0 Å². The molecule has 5 heteroatoms. The van der Waals surface area contributed by atoms with Crippen LogP contribution in [0.25, 0.3) is 0 Å². The molecule has 1 aliphatic heterocycles. The van der Waals surface area contributed by atoms with Crippen LogP contribution < -0.4 is 4.90 Å². The van der Waals surface area contributed by atoms with E-state index in [9.17, 15) is 9.18 Å². The molecule has 0 radical (unpaired) electrons. The quantitative estimate of drug-likeness (QED) is 0.811. The zero-order chi connectivity index (χ0) is 16.2. The molecular weight excluding hydrogens is 295 g/mol. The van der Waals surface area contributed by atoms with Crippen molar-refractivity contribution in [1.82, 2.24) is 4.98 Å². The number of nitrogens with zero attached hydrogens (tertiary/aromatic N) is 2. The molecule has 1 unspecified atom stereocenters. The topological polar surface area (TPSA) is 42.4 Å². The van der Waals surface area contributed by atoms with E-state index in [1.165, 1.54) is 12.3 Å². The summed E-state index contributed by atoms with van der Waals surface area (Å²) in [6.07, 6.45) is 2.42. The normalized spacial score (nSPS) is 17.3. The van der Waals surface area contributed by atoms with Gasteiger partial charge in [-0.25, -0.2) is 14.2 Å². The molecule has 23 heavy (non-hydrogen) atoms. The maximum atomic E-state index is 13.9. The SMILES string of the molecule is CCOC(=O)c1ccc(N2CCC(c3ccccc3F)C2)nc1. The van der Waals surface area contributed by atoms with Crippen molar-refractivity contribution in [3.05, 3.63) is 59.5 Å². The second-order valence-electron chi connectivity index (χ2n) is 5.58. The third-order valence-electron chi connectivity index (χ3n) is 4.12. The molecule has 0 bridgehead atoms. The minimum Gasteiger partial charge on any atom is -0.462 e. The molecule has 2 aromatic rings. The summed E-state index contributed by atoms with van der Waals surface area (Å²) in [4.78, 5) is 18.1. The summed E-state index contributed by atoms with van der Waals surface area (Å²) in [6, 6.07) is 10.5. The van der Waals surface area contributed by atoms with E-state index < -0.39 is 0 Å². The van der Waals surface area contributed by atoms with Crippen molar-refractivity contribution in [3.63, 3.8) is 0 Å². The van der Waals surface area contributed by atoms with E-state index in [0.29, 0.717) is 12.2 Å². The van der Waals surface area contributed by atoms with Gasteiger partial charge in [0, 0.05) is 25.2 Å². The molecule has 0 spiro atoms. The van der Waals surface area contributed by atoms with Gasteiger partial charge < -0.3 is 9.64 Å². The summed E-state index contributed by atoms with van der Waals surface area (Å²) in [7, 11) is 0. The van der Waals surface area contributed by atoms with E-state index in [0.717, 1.165) is 30.9 Å². The predicted molar refractivity (Wildman–Crippen MR) is 86.2 cm³/mol. The smallest absolute Gasteiger partial charge is 0.339 e. The Morgan fingerprint density at radius 1 is 1.35 bits per heavy atom. The lowest BCUT2D eigenvalue weighted by Crippen LogP contribution is -2.20. The van der Waals surface area contributed by atoms with Gasteiger partial charge in [0.25, 0.3) is 0 Å². The first-order valence-corrected chi connectivity index (χ1v) is 7.81. The maximum absolute atomic E-state index is 13.9. The predicted octanol–water partition coefficient (Wildman–Crippen LogP) is 3.39. The standard InChI is InChI=1S/C18H19FN2O2/c1-2-23-18(22)13-7-8-17(20-11-13)21-10-9-14(12-21)15-5-3-4-6-16(15)19/h3-8,11,14H,2,9-10,12H2,1H3. The van der Waals surface area contributed by atoms with E-state index in [4.69, 9.17) is 4.74 Å². The Labute approximate surface area is 134 Å². The number of ether oxygens (including phenoxy) is 1. The molecule has 3 rings (SSSR count). The van der Waals surface area contributed by atoms with Crippen LogP contribution in [0, 0.1) is 5.82 Å². The van der Waals surface area contributed by atoms with Gasteiger partial charge in [-0.2, -0.15) is 0 Å². The van der Waals surface area contributed by atoms with Gasteiger partial charge in [-0.05, 0) is 37.1 Å². The second kappa shape index (κ2) is 6.77. The van der Waals surface area contributed by atoms with Crippen molar-refractivity contribution in [3.8, 4) is 0 Å². The first-order valence-electron chi connectivity index (χ1n) is 7.81. The average Bonchev–Trinajstić information content (AvgIpc) is 3.05. The number of carbonyl (C=O) groups is 1. The first kappa shape index (κ1) is 15.5. The fraction of sp³-hybridized carbons (Fsp3) is 0.333. The molecule has 1 fully saturated rings. The number of carbonyl (C=O) groups excluding carboxylic acids is 1. The average molecular weight is 314 g/mol. The molecule has 2 heterocycles. The Morgan fingerprint density at radius 2 is 2.17 bits per heavy atom. The van der Waals surface area contributed by atoms with Crippen molar-refractivity contribution in [1.29, 1.82) is 0 Å². The van der Waals surface area contributed by atoms with Crippen LogP contribution in [0.1, 0.15) is 35.2 Å². The Kier molecular flexibility index (Phi) is 4.55. The number of esters is 1. The van der Waals surface area contributed by atoms with E-state index in [2.05, 4.69) is 9.88 Å². The van der Waals surface area contributed by atoms with Gasteiger partial charge in [-0.1, -0.05) is 18.2 Å². The molecule has 120 valence electrons. The number of pyridine rings is 1. The van der Waals surface area contributed by atoms with E-state index in [1.807, 2.05) is 18.2 Å². The fourth-order valence-electron chi connectivity index (χ4n) is 2.94. The molecule has 4 nitrogen and oxygen atoms in total. The summed E-state index contributed by atoms with van der Waals surface area (Å²) in [5, 5.41) is 0. The zero-order valence-electron chi connectivity index (χ0n) is 13.0. The van der Waals surface area contributed by atoms with Crippen LogP contribution in [0.4, 0.5) is 10.2 Å². The Morgan fingerprint density at radius 3 is 2.87 bits per heavy atom. The van der Waals surface area contributed by atoms with Gasteiger partial charge in [-0.15, -0.1) is 0 Å². The van der Waals surface area contributed by atoms with Crippen LogP contribution in [0.5, 0.6) is 0 Å². The Bertz CT molecular complexity index is 688. The van der Waals surface area contributed by atoms with Crippen LogP contribution in [0.15, 0.2) is 42.6 Å². The number of halogens is 1. The molecule has 1 atom stereocenters. The highest BCUT2D eigenvalue weighted by Gasteiger charge is 2.26. The van der Waals surface area contributed by atoms with E-state index >= 15 is 0 Å². The van der Waals surface area contributed by atoms with Gasteiger partial charge in [0.15, 0.2) is 0 Å². The number of aromatic nitrogens is 1. The largest absolute Gasteiger partial charge is 0.462 e. The summed E-state index contributed by atoms with van der Waals surface area (Å²) in [6.45, 7) is 3.67. The monoisotopic (exact) mass is 314 g/mol. The number of rotatable bonds is 4. The van der Waals surface area contributed by atoms with Gasteiger partial charge >= 0.3 is 5.97 Å².